The first kappa shape index (κ1) is 12.2. The fourth-order valence-corrected chi connectivity index (χ4v) is 4.00. The van der Waals surface area contributed by atoms with Gasteiger partial charge in [-0.05, 0) is 59.1 Å². The highest BCUT2D eigenvalue weighted by atomic mass is 32.2. The molecule has 1 fully saturated rings. The van der Waals surface area contributed by atoms with Crippen LogP contribution in [0.25, 0.3) is 0 Å². The molecule has 3 heteroatoms. The highest BCUT2D eigenvalue weighted by molar-refractivity contribution is 7.99. The molecule has 0 atom stereocenters. The van der Waals surface area contributed by atoms with E-state index in [2.05, 4.69) is 16.8 Å². The molecule has 0 aromatic carbocycles. The second-order valence-corrected chi connectivity index (χ2v) is 6.43. The molecule has 1 aromatic heterocycles. The highest BCUT2D eigenvalue weighted by Crippen LogP contribution is 2.26. The van der Waals surface area contributed by atoms with Crippen LogP contribution < -0.4 is 0 Å². The molecule has 0 radical (unpaired) electrons. The number of thioether (sulfide) groups is 1. The zero-order chi connectivity index (χ0) is 11.2. The Morgan fingerprint density at radius 1 is 1.38 bits per heavy atom. The van der Waals surface area contributed by atoms with Crippen LogP contribution in [0.1, 0.15) is 31.2 Å². The van der Waals surface area contributed by atoms with Crippen LogP contribution in [0.2, 0.25) is 0 Å². The van der Waals surface area contributed by atoms with E-state index in [-0.39, 0.29) is 0 Å². The average Bonchev–Trinajstić information content (AvgIpc) is 2.81. The van der Waals surface area contributed by atoms with E-state index >= 15 is 0 Å². The Labute approximate surface area is 106 Å². The Morgan fingerprint density at radius 3 is 2.88 bits per heavy atom. The van der Waals surface area contributed by atoms with Gasteiger partial charge in [0.05, 0.1) is 0 Å². The van der Waals surface area contributed by atoms with Gasteiger partial charge in [-0.1, -0.05) is 0 Å². The van der Waals surface area contributed by atoms with Gasteiger partial charge in [0.15, 0.2) is 0 Å². The van der Waals surface area contributed by atoms with Crippen LogP contribution in [0.5, 0.6) is 0 Å². The summed E-state index contributed by atoms with van der Waals surface area (Å²) < 4.78 is 0. The zero-order valence-electron chi connectivity index (χ0n) is 9.48. The average molecular weight is 254 g/mol. The molecule has 1 nitrogen and oxygen atoms in total. The lowest BCUT2D eigenvalue weighted by Crippen LogP contribution is -2.14. The molecule has 0 bridgehead atoms. The van der Waals surface area contributed by atoms with Crippen LogP contribution in [0.4, 0.5) is 0 Å². The minimum absolute atomic E-state index is 0.461. The summed E-state index contributed by atoms with van der Waals surface area (Å²) in [5.41, 5.74) is 1.32. The van der Waals surface area contributed by atoms with Crippen molar-refractivity contribution in [3.8, 4) is 0 Å². The first-order chi connectivity index (χ1) is 7.84. The molecule has 0 saturated carbocycles. The van der Waals surface area contributed by atoms with Gasteiger partial charge in [-0.3, -0.25) is 4.79 Å². The summed E-state index contributed by atoms with van der Waals surface area (Å²) in [6, 6.07) is 2.12. The summed E-state index contributed by atoms with van der Waals surface area (Å²) in [6.45, 7) is 0. The molecule has 1 aliphatic rings. The lowest BCUT2D eigenvalue weighted by Gasteiger charge is -2.20. The largest absolute Gasteiger partial charge is 0.300 e. The molecule has 88 valence electrons. The molecule has 0 unspecified atom stereocenters. The van der Waals surface area contributed by atoms with Gasteiger partial charge < -0.3 is 0 Å². The van der Waals surface area contributed by atoms with Crippen molar-refractivity contribution >= 4 is 28.9 Å². The van der Waals surface area contributed by atoms with Crippen molar-refractivity contribution in [3.63, 3.8) is 0 Å². The quantitative estimate of drug-likeness (QED) is 0.795. The third kappa shape index (κ3) is 3.95. The number of carbonyl (C=O) groups is 1. The molecular weight excluding hydrogens is 236 g/mol. The number of ketones is 1. The minimum atomic E-state index is 0.461. The summed E-state index contributed by atoms with van der Waals surface area (Å²) in [5.74, 6) is 3.64. The van der Waals surface area contributed by atoms with E-state index in [1.54, 1.807) is 11.3 Å². The Kier molecular flexibility index (Phi) is 4.91. The van der Waals surface area contributed by atoms with Gasteiger partial charge in [0.1, 0.15) is 5.78 Å². The number of hydrogen-bond donors (Lipinski definition) is 0. The maximum Gasteiger partial charge on any atom is 0.133 e. The Balaban J connectivity index is 1.67. The van der Waals surface area contributed by atoms with Crippen LogP contribution in [-0.2, 0) is 11.2 Å². The van der Waals surface area contributed by atoms with Crippen LogP contribution >= 0.6 is 23.1 Å². The lowest BCUT2D eigenvalue weighted by atomic mass is 9.94. The van der Waals surface area contributed by atoms with Crippen molar-refractivity contribution in [2.24, 2.45) is 5.92 Å². The van der Waals surface area contributed by atoms with E-state index in [0.29, 0.717) is 11.7 Å². The smallest absolute Gasteiger partial charge is 0.133 e. The first-order valence-corrected chi connectivity index (χ1v) is 8.05. The Morgan fingerprint density at radius 2 is 2.19 bits per heavy atom. The van der Waals surface area contributed by atoms with Crippen molar-refractivity contribution < 1.29 is 4.79 Å². The molecule has 0 amide bonds. The third-order valence-electron chi connectivity index (χ3n) is 3.13. The molecule has 2 heterocycles. The molecule has 2 rings (SSSR count). The molecule has 1 aliphatic heterocycles. The maximum absolute atomic E-state index is 11.8. The monoisotopic (exact) mass is 254 g/mol. The maximum atomic E-state index is 11.8. The number of carbonyl (C=O) groups excluding carboxylic acids is 1. The van der Waals surface area contributed by atoms with Gasteiger partial charge in [0.25, 0.3) is 0 Å². The number of hydrogen-bond acceptors (Lipinski definition) is 3. The molecule has 0 aliphatic carbocycles. The molecule has 0 N–H and O–H groups in total. The summed E-state index contributed by atoms with van der Waals surface area (Å²) >= 11 is 3.74. The van der Waals surface area contributed by atoms with Gasteiger partial charge in [0.2, 0.25) is 0 Å². The standard InChI is InChI=1S/C13H18OS2/c14-13(2-1-12-5-8-16-10-12)9-11-3-6-15-7-4-11/h5,8,10-11H,1-4,6-7,9H2. The van der Waals surface area contributed by atoms with Crippen molar-refractivity contribution in [1.29, 1.82) is 0 Å². The van der Waals surface area contributed by atoms with Crippen LogP contribution in [0.3, 0.4) is 0 Å². The molecule has 16 heavy (non-hydrogen) atoms. The van der Waals surface area contributed by atoms with Gasteiger partial charge in [-0.15, -0.1) is 0 Å². The zero-order valence-corrected chi connectivity index (χ0v) is 11.1. The highest BCUT2D eigenvalue weighted by Gasteiger charge is 2.16. The molecular formula is C13H18OS2. The van der Waals surface area contributed by atoms with Gasteiger partial charge in [-0.25, -0.2) is 0 Å². The second kappa shape index (κ2) is 6.45. The van der Waals surface area contributed by atoms with Crippen LogP contribution in [-0.4, -0.2) is 17.3 Å². The molecule has 0 spiro atoms. The second-order valence-electron chi connectivity index (χ2n) is 4.43. The summed E-state index contributed by atoms with van der Waals surface area (Å²) in [4.78, 5) is 11.8. The summed E-state index contributed by atoms with van der Waals surface area (Å²) in [6.07, 6.45) is 4.98. The van der Waals surface area contributed by atoms with E-state index in [0.717, 1.165) is 19.3 Å². The van der Waals surface area contributed by atoms with E-state index in [1.165, 1.54) is 29.9 Å². The predicted molar refractivity (Wildman–Crippen MR) is 72.3 cm³/mol. The number of rotatable bonds is 5. The topological polar surface area (TPSA) is 17.1 Å². The van der Waals surface area contributed by atoms with E-state index in [1.807, 2.05) is 11.8 Å². The van der Waals surface area contributed by atoms with Crippen LogP contribution in [0.15, 0.2) is 16.8 Å². The number of Topliss-reactive ketones (excluding diaryl/α,β-unsaturated/α-hetero) is 1. The predicted octanol–water partition coefficient (Wildman–Crippen LogP) is 3.78. The van der Waals surface area contributed by atoms with Gasteiger partial charge in [-0.2, -0.15) is 23.1 Å². The number of aryl methyl sites for hydroxylation is 1. The summed E-state index contributed by atoms with van der Waals surface area (Å²) in [5, 5.41) is 4.22. The third-order valence-corrected chi connectivity index (χ3v) is 4.91. The Bertz CT molecular complexity index is 313. The molecule has 1 saturated heterocycles. The van der Waals surface area contributed by atoms with Crippen molar-refractivity contribution in [2.75, 3.05) is 11.5 Å². The lowest BCUT2D eigenvalue weighted by molar-refractivity contribution is -0.120. The van der Waals surface area contributed by atoms with Crippen molar-refractivity contribution in [2.45, 2.75) is 32.1 Å². The summed E-state index contributed by atoms with van der Waals surface area (Å²) in [7, 11) is 0. The molecule has 1 aromatic rings. The normalized spacial score (nSPS) is 17.5. The van der Waals surface area contributed by atoms with E-state index in [4.69, 9.17) is 0 Å². The fourth-order valence-electron chi connectivity index (χ4n) is 2.09. The number of thiophene rings is 1. The van der Waals surface area contributed by atoms with Crippen molar-refractivity contribution in [1.82, 2.24) is 0 Å². The van der Waals surface area contributed by atoms with Crippen LogP contribution in [0, 0.1) is 5.92 Å². The van der Waals surface area contributed by atoms with E-state index in [9.17, 15) is 4.79 Å². The first-order valence-electron chi connectivity index (χ1n) is 5.95. The van der Waals surface area contributed by atoms with Gasteiger partial charge >= 0.3 is 0 Å². The van der Waals surface area contributed by atoms with Gasteiger partial charge in [0, 0.05) is 12.8 Å². The Hall–Kier alpha value is -0.280. The SMILES string of the molecule is O=C(CCc1ccsc1)CC1CCSCC1. The van der Waals surface area contributed by atoms with Crippen molar-refractivity contribution in [3.05, 3.63) is 22.4 Å². The van der Waals surface area contributed by atoms with E-state index < -0.39 is 0 Å². The minimum Gasteiger partial charge on any atom is -0.300 e. The fraction of sp³-hybridized carbons (Fsp3) is 0.615.